The van der Waals surface area contributed by atoms with Gasteiger partial charge in [0.05, 0.1) is 12.6 Å². The van der Waals surface area contributed by atoms with E-state index in [1.165, 1.54) is 0 Å². The van der Waals surface area contributed by atoms with E-state index in [4.69, 9.17) is 9.84 Å². The maximum atomic E-state index is 11.8. The van der Waals surface area contributed by atoms with Crippen molar-refractivity contribution < 1.29 is 14.6 Å². The number of amides is 1. The third kappa shape index (κ3) is 4.64. The average Bonchev–Trinajstić information content (AvgIpc) is 3.11. The molecule has 1 fully saturated rings. The second-order valence-electron chi connectivity index (χ2n) is 4.67. The van der Waals surface area contributed by atoms with Gasteiger partial charge in [-0.25, -0.2) is 0 Å². The summed E-state index contributed by atoms with van der Waals surface area (Å²) < 4.78 is 5.50. The second kappa shape index (κ2) is 8.05. The first-order valence-corrected chi connectivity index (χ1v) is 7.72. The molecule has 1 unspecified atom stereocenters. The number of ether oxygens (including phenoxy) is 1. The van der Waals surface area contributed by atoms with Crippen LogP contribution in [0.25, 0.3) is 0 Å². The van der Waals surface area contributed by atoms with Crippen LogP contribution in [0, 0.1) is 11.8 Å². The number of thiophene rings is 1. The molecular formula is C15H19NO3S. The van der Waals surface area contributed by atoms with E-state index in [2.05, 4.69) is 17.2 Å². The van der Waals surface area contributed by atoms with Crippen molar-refractivity contribution in [1.82, 2.24) is 5.32 Å². The van der Waals surface area contributed by atoms with E-state index in [0.29, 0.717) is 13.0 Å². The van der Waals surface area contributed by atoms with Gasteiger partial charge in [-0.3, -0.25) is 4.79 Å². The Morgan fingerprint density at radius 3 is 3.25 bits per heavy atom. The molecular weight excluding hydrogens is 274 g/mol. The van der Waals surface area contributed by atoms with Gasteiger partial charge in [0.2, 0.25) is 5.91 Å². The van der Waals surface area contributed by atoms with E-state index in [-0.39, 0.29) is 18.6 Å². The lowest BCUT2D eigenvalue weighted by molar-refractivity contribution is -0.121. The normalized spacial score (nSPS) is 17.6. The largest absolute Gasteiger partial charge is 0.384 e. The van der Waals surface area contributed by atoms with Gasteiger partial charge >= 0.3 is 0 Å². The first kappa shape index (κ1) is 15.0. The van der Waals surface area contributed by atoms with E-state index in [1.807, 2.05) is 11.4 Å². The Hall–Kier alpha value is -1.35. The van der Waals surface area contributed by atoms with Crippen molar-refractivity contribution in [3.63, 3.8) is 0 Å². The molecule has 0 bridgehead atoms. The van der Waals surface area contributed by atoms with Gasteiger partial charge in [-0.05, 0) is 30.7 Å². The number of hydrogen-bond acceptors (Lipinski definition) is 4. The summed E-state index contributed by atoms with van der Waals surface area (Å²) in [4.78, 5) is 12.8. The van der Waals surface area contributed by atoms with Crippen LogP contribution in [0.5, 0.6) is 0 Å². The molecule has 108 valence electrons. The number of carbonyl (C=O) groups is 1. The molecule has 20 heavy (non-hydrogen) atoms. The van der Waals surface area contributed by atoms with Crippen molar-refractivity contribution in [1.29, 1.82) is 0 Å². The van der Waals surface area contributed by atoms with Crippen molar-refractivity contribution in [3.8, 4) is 11.8 Å². The van der Waals surface area contributed by atoms with Crippen molar-refractivity contribution in [2.75, 3.05) is 13.2 Å². The van der Waals surface area contributed by atoms with Crippen molar-refractivity contribution in [2.45, 2.75) is 38.3 Å². The Balaban J connectivity index is 1.74. The molecule has 1 aliphatic heterocycles. The zero-order valence-corrected chi connectivity index (χ0v) is 12.2. The van der Waals surface area contributed by atoms with Crippen molar-refractivity contribution in [3.05, 3.63) is 21.9 Å². The number of rotatable bonds is 5. The molecule has 0 spiro atoms. The summed E-state index contributed by atoms with van der Waals surface area (Å²) in [6.45, 7) is 1.18. The Labute approximate surface area is 123 Å². The van der Waals surface area contributed by atoms with E-state index in [1.54, 1.807) is 11.3 Å². The minimum absolute atomic E-state index is 0.0509. The Morgan fingerprint density at radius 1 is 1.60 bits per heavy atom. The lowest BCUT2D eigenvalue weighted by Gasteiger charge is -2.09. The molecule has 4 nitrogen and oxygen atoms in total. The fourth-order valence-corrected chi connectivity index (χ4v) is 2.92. The lowest BCUT2D eigenvalue weighted by atomic mass is 10.1. The summed E-state index contributed by atoms with van der Waals surface area (Å²) in [5.74, 6) is 5.56. The van der Waals surface area contributed by atoms with Gasteiger partial charge in [-0.1, -0.05) is 11.8 Å². The fraction of sp³-hybridized carbons (Fsp3) is 0.533. The molecule has 1 amide bonds. The molecule has 0 aliphatic carbocycles. The summed E-state index contributed by atoms with van der Waals surface area (Å²) in [6.07, 6.45) is 3.74. The molecule has 2 N–H and O–H groups in total. The van der Waals surface area contributed by atoms with Gasteiger partial charge in [0, 0.05) is 23.5 Å². The van der Waals surface area contributed by atoms with Crippen LogP contribution in [0.4, 0.5) is 0 Å². The number of hydrogen-bond donors (Lipinski definition) is 2. The second-order valence-corrected chi connectivity index (χ2v) is 5.67. The molecule has 0 radical (unpaired) electrons. The highest BCUT2D eigenvalue weighted by Gasteiger charge is 2.16. The maximum Gasteiger partial charge on any atom is 0.220 e. The first-order valence-electron chi connectivity index (χ1n) is 6.84. The average molecular weight is 293 g/mol. The molecule has 2 heterocycles. The molecule has 1 aromatic heterocycles. The number of nitrogens with one attached hydrogen (secondary N) is 1. The number of aliphatic hydroxyl groups excluding tert-OH is 1. The summed E-state index contributed by atoms with van der Waals surface area (Å²) in [5.41, 5.74) is 0.878. The zero-order chi connectivity index (χ0) is 14.2. The highest BCUT2D eigenvalue weighted by molar-refractivity contribution is 7.10. The van der Waals surface area contributed by atoms with Crippen molar-refractivity contribution in [2.24, 2.45) is 0 Å². The minimum atomic E-state index is -0.150. The molecule has 1 saturated heterocycles. The molecule has 0 saturated carbocycles. The molecule has 1 aliphatic rings. The SMILES string of the molecule is O=C(CCC1CCCO1)NCc1sccc1C#CCO. The van der Waals surface area contributed by atoms with Crippen LogP contribution in [-0.4, -0.2) is 30.3 Å². The standard InChI is InChI=1S/C15H19NO3S/c17-8-1-3-12-7-10-20-14(12)11-16-15(18)6-5-13-4-2-9-19-13/h7,10,13,17H,2,4-6,8-9,11H2,(H,16,18). The zero-order valence-electron chi connectivity index (χ0n) is 11.4. The van der Waals surface area contributed by atoms with Crippen LogP contribution in [0.2, 0.25) is 0 Å². The van der Waals surface area contributed by atoms with Crippen LogP contribution in [0.1, 0.15) is 36.1 Å². The van der Waals surface area contributed by atoms with Gasteiger partial charge in [0.15, 0.2) is 0 Å². The Morgan fingerprint density at radius 2 is 2.50 bits per heavy atom. The summed E-state index contributed by atoms with van der Waals surface area (Å²) in [6, 6.07) is 1.90. The fourth-order valence-electron chi connectivity index (χ4n) is 2.15. The third-order valence-electron chi connectivity index (χ3n) is 3.21. The predicted molar refractivity (Wildman–Crippen MR) is 78.3 cm³/mol. The van der Waals surface area contributed by atoms with Gasteiger partial charge in [-0.2, -0.15) is 0 Å². The van der Waals surface area contributed by atoms with E-state index >= 15 is 0 Å². The first-order chi connectivity index (χ1) is 9.79. The maximum absolute atomic E-state index is 11.8. The molecule has 1 atom stereocenters. The van der Waals surface area contributed by atoms with Crippen LogP contribution >= 0.6 is 11.3 Å². The summed E-state index contributed by atoms with van der Waals surface area (Å²) in [7, 11) is 0. The number of carbonyl (C=O) groups excluding carboxylic acids is 1. The third-order valence-corrected chi connectivity index (χ3v) is 4.13. The van der Waals surface area contributed by atoms with Gasteiger partial charge in [0.1, 0.15) is 6.61 Å². The minimum Gasteiger partial charge on any atom is -0.384 e. The monoisotopic (exact) mass is 293 g/mol. The molecule has 5 heteroatoms. The Kier molecular flexibility index (Phi) is 6.06. The van der Waals surface area contributed by atoms with Crippen LogP contribution in [0.3, 0.4) is 0 Å². The van der Waals surface area contributed by atoms with E-state index < -0.39 is 0 Å². The van der Waals surface area contributed by atoms with Gasteiger partial charge in [-0.15, -0.1) is 11.3 Å². The summed E-state index contributed by atoms with van der Waals surface area (Å²) >= 11 is 1.56. The highest BCUT2D eigenvalue weighted by atomic mass is 32.1. The highest BCUT2D eigenvalue weighted by Crippen LogP contribution is 2.17. The lowest BCUT2D eigenvalue weighted by Crippen LogP contribution is -2.23. The molecule has 1 aromatic rings. The number of aliphatic hydroxyl groups is 1. The Bertz CT molecular complexity index is 495. The van der Waals surface area contributed by atoms with E-state index in [0.717, 1.165) is 36.3 Å². The molecule has 2 rings (SSSR count). The van der Waals surface area contributed by atoms with Crippen LogP contribution in [-0.2, 0) is 16.1 Å². The van der Waals surface area contributed by atoms with Crippen molar-refractivity contribution >= 4 is 17.2 Å². The van der Waals surface area contributed by atoms with Crippen LogP contribution in [0.15, 0.2) is 11.4 Å². The van der Waals surface area contributed by atoms with Gasteiger partial charge in [0.25, 0.3) is 0 Å². The van der Waals surface area contributed by atoms with Gasteiger partial charge < -0.3 is 15.2 Å². The smallest absolute Gasteiger partial charge is 0.220 e. The summed E-state index contributed by atoms with van der Waals surface area (Å²) in [5, 5.41) is 13.5. The quantitative estimate of drug-likeness (QED) is 0.812. The topological polar surface area (TPSA) is 58.6 Å². The predicted octanol–water partition coefficient (Wildman–Crippen LogP) is 1.67. The molecule has 0 aromatic carbocycles. The van der Waals surface area contributed by atoms with Crippen LogP contribution < -0.4 is 5.32 Å². The van der Waals surface area contributed by atoms with E-state index in [9.17, 15) is 4.79 Å².